The minimum Gasteiger partial charge on any atom is -0.374 e. The van der Waals surface area contributed by atoms with Crippen LogP contribution in [0.3, 0.4) is 0 Å². The summed E-state index contributed by atoms with van der Waals surface area (Å²) in [6, 6.07) is 11.5. The van der Waals surface area contributed by atoms with Crippen LogP contribution in [0.25, 0.3) is 5.65 Å². The van der Waals surface area contributed by atoms with Gasteiger partial charge in [0.05, 0.1) is 25.1 Å². The Morgan fingerprint density at radius 2 is 2.07 bits per heavy atom. The van der Waals surface area contributed by atoms with Crippen LogP contribution in [0.15, 0.2) is 36.5 Å². The Morgan fingerprint density at radius 1 is 1.23 bits per heavy atom. The highest BCUT2D eigenvalue weighted by Gasteiger charge is 2.14. The molecule has 3 aromatic rings. The second-order valence-corrected chi connectivity index (χ2v) is 7.81. The number of ether oxygens (including phenoxy) is 1. The van der Waals surface area contributed by atoms with Crippen LogP contribution in [0.4, 0.5) is 11.5 Å². The highest BCUT2D eigenvalue weighted by atomic mass is 35.5. The number of anilines is 2. The van der Waals surface area contributed by atoms with Crippen LogP contribution in [0, 0.1) is 11.3 Å². The van der Waals surface area contributed by atoms with Crippen LogP contribution in [0.1, 0.15) is 11.3 Å². The van der Waals surface area contributed by atoms with E-state index in [1.807, 2.05) is 30.3 Å². The fraction of sp³-hybridized carbons (Fsp3) is 0.381. The smallest absolute Gasteiger partial charge is 0.175 e. The van der Waals surface area contributed by atoms with Crippen molar-refractivity contribution in [1.29, 1.82) is 5.26 Å². The van der Waals surface area contributed by atoms with Gasteiger partial charge in [-0.1, -0.05) is 17.7 Å². The molecule has 3 heterocycles. The van der Waals surface area contributed by atoms with Crippen molar-refractivity contribution in [2.75, 3.05) is 51.7 Å². The zero-order valence-corrected chi connectivity index (χ0v) is 17.6. The Morgan fingerprint density at radius 3 is 2.83 bits per heavy atom. The van der Waals surface area contributed by atoms with Crippen molar-refractivity contribution in [3.63, 3.8) is 0 Å². The number of nitrogens with one attached hydrogen (secondary N) is 1. The number of piperazine rings is 1. The number of aromatic nitrogens is 3. The van der Waals surface area contributed by atoms with Crippen molar-refractivity contribution in [2.24, 2.45) is 0 Å². The molecule has 1 N–H and O–H groups in total. The third-order valence-corrected chi connectivity index (χ3v) is 5.38. The molecule has 2 aromatic heterocycles. The Labute approximate surface area is 180 Å². The molecular formula is C21H24ClN7O. The molecule has 1 saturated heterocycles. The van der Waals surface area contributed by atoms with Crippen molar-refractivity contribution >= 4 is 28.8 Å². The molecule has 0 radical (unpaired) electrons. The second-order valence-electron chi connectivity index (χ2n) is 7.37. The fourth-order valence-corrected chi connectivity index (χ4v) is 3.60. The first-order valence-electron chi connectivity index (χ1n) is 9.91. The number of benzene rings is 1. The predicted molar refractivity (Wildman–Crippen MR) is 116 cm³/mol. The summed E-state index contributed by atoms with van der Waals surface area (Å²) in [5.74, 6) is 0.696. The van der Waals surface area contributed by atoms with Gasteiger partial charge in [-0.25, -0.2) is 4.98 Å². The van der Waals surface area contributed by atoms with E-state index in [1.54, 1.807) is 4.52 Å². The molecule has 0 unspecified atom stereocenters. The molecule has 0 spiro atoms. The molecule has 30 heavy (non-hydrogen) atoms. The number of hydrogen-bond acceptors (Lipinski definition) is 7. The van der Waals surface area contributed by atoms with Gasteiger partial charge in [0.1, 0.15) is 17.5 Å². The number of rotatable bonds is 7. The molecule has 0 saturated carbocycles. The normalized spacial score (nSPS) is 15.4. The third-order valence-electron chi connectivity index (χ3n) is 5.14. The number of nitriles is 1. The molecule has 0 amide bonds. The summed E-state index contributed by atoms with van der Waals surface area (Å²) < 4.78 is 7.51. The number of likely N-dealkylation sites (N-methyl/N-ethyl adjacent to an activating group) is 1. The van der Waals surface area contributed by atoms with E-state index in [0.717, 1.165) is 44.1 Å². The van der Waals surface area contributed by atoms with E-state index < -0.39 is 0 Å². The summed E-state index contributed by atoms with van der Waals surface area (Å²) >= 11 is 6.10. The number of hydrogen-bond donors (Lipinski definition) is 1. The lowest BCUT2D eigenvalue weighted by molar-refractivity contribution is 0.0725. The predicted octanol–water partition coefficient (Wildman–Crippen LogP) is 2.76. The summed E-state index contributed by atoms with van der Waals surface area (Å²) in [6.45, 7) is 6.23. The molecule has 156 valence electrons. The maximum atomic E-state index is 9.39. The van der Waals surface area contributed by atoms with Crippen LogP contribution in [-0.2, 0) is 11.3 Å². The van der Waals surface area contributed by atoms with Gasteiger partial charge in [0, 0.05) is 49.5 Å². The van der Waals surface area contributed by atoms with E-state index in [2.05, 4.69) is 38.3 Å². The standard InChI is InChI=1S/C21H24ClN7O/c1-27-5-7-28(8-6-27)9-10-30-15-19-12-20(25-18-4-2-3-17(22)11-18)29-21(26-19)16(13-23)14-24-29/h2-4,11-12,14,25H,5-10,15H2,1H3. The summed E-state index contributed by atoms with van der Waals surface area (Å²) in [4.78, 5) is 9.33. The van der Waals surface area contributed by atoms with Gasteiger partial charge in [-0.05, 0) is 25.2 Å². The minimum atomic E-state index is 0.366. The lowest BCUT2D eigenvalue weighted by atomic mass is 10.3. The number of nitrogens with zero attached hydrogens (tertiary/aromatic N) is 6. The van der Waals surface area contributed by atoms with Gasteiger partial charge in [0.15, 0.2) is 5.65 Å². The van der Waals surface area contributed by atoms with Crippen molar-refractivity contribution in [3.05, 3.63) is 52.8 Å². The average molecular weight is 426 g/mol. The Kier molecular flexibility index (Phi) is 6.45. The second kappa shape index (κ2) is 9.41. The molecule has 9 heteroatoms. The SMILES string of the molecule is CN1CCN(CCOCc2cc(Nc3cccc(Cl)c3)n3ncc(C#N)c3n2)CC1. The molecule has 1 fully saturated rings. The van der Waals surface area contributed by atoms with Crippen LogP contribution in [0.2, 0.25) is 5.02 Å². The zero-order valence-electron chi connectivity index (χ0n) is 16.9. The summed E-state index contributed by atoms with van der Waals surface area (Å²) in [6.07, 6.45) is 1.52. The minimum absolute atomic E-state index is 0.366. The maximum absolute atomic E-state index is 9.39. The van der Waals surface area contributed by atoms with Crippen molar-refractivity contribution < 1.29 is 4.74 Å². The van der Waals surface area contributed by atoms with Crippen molar-refractivity contribution in [1.82, 2.24) is 24.4 Å². The van der Waals surface area contributed by atoms with Gasteiger partial charge in [0.2, 0.25) is 0 Å². The Bertz CT molecular complexity index is 1050. The van der Waals surface area contributed by atoms with Gasteiger partial charge < -0.3 is 15.0 Å². The maximum Gasteiger partial charge on any atom is 0.175 e. The molecule has 4 rings (SSSR count). The van der Waals surface area contributed by atoms with Crippen LogP contribution in [-0.4, -0.2) is 70.8 Å². The lowest BCUT2D eigenvalue weighted by Gasteiger charge is -2.32. The van der Waals surface area contributed by atoms with E-state index in [0.29, 0.717) is 35.3 Å². The molecule has 0 aliphatic carbocycles. The third kappa shape index (κ3) is 4.89. The number of halogens is 1. The van der Waals surface area contributed by atoms with E-state index in [1.165, 1.54) is 6.20 Å². The van der Waals surface area contributed by atoms with Crippen molar-refractivity contribution in [2.45, 2.75) is 6.61 Å². The topological polar surface area (TPSA) is 81.7 Å². The van der Waals surface area contributed by atoms with Crippen LogP contribution in [0.5, 0.6) is 0 Å². The van der Waals surface area contributed by atoms with E-state index in [9.17, 15) is 5.26 Å². The van der Waals surface area contributed by atoms with E-state index in [-0.39, 0.29) is 0 Å². The summed E-state index contributed by atoms with van der Waals surface area (Å²) in [5, 5.41) is 17.6. The highest BCUT2D eigenvalue weighted by Crippen LogP contribution is 2.22. The molecule has 1 aliphatic rings. The first kappa shape index (κ1) is 20.6. The van der Waals surface area contributed by atoms with Crippen molar-refractivity contribution in [3.8, 4) is 6.07 Å². The highest BCUT2D eigenvalue weighted by molar-refractivity contribution is 6.30. The van der Waals surface area contributed by atoms with Gasteiger partial charge in [-0.3, -0.25) is 4.90 Å². The molecule has 8 nitrogen and oxygen atoms in total. The van der Waals surface area contributed by atoms with Gasteiger partial charge in [0.25, 0.3) is 0 Å². The van der Waals surface area contributed by atoms with E-state index in [4.69, 9.17) is 16.3 Å². The average Bonchev–Trinajstić information content (AvgIpc) is 3.16. The van der Waals surface area contributed by atoms with Crippen LogP contribution >= 0.6 is 11.6 Å². The molecule has 0 bridgehead atoms. The molecule has 0 atom stereocenters. The monoisotopic (exact) mass is 425 g/mol. The molecule has 1 aliphatic heterocycles. The van der Waals surface area contributed by atoms with E-state index >= 15 is 0 Å². The lowest BCUT2D eigenvalue weighted by Crippen LogP contribution is -2.45. The Balaban J connectivity index is 1.46. The van der Waals surface area contributed by atoms with Gasteiger partial charge in [-0.2, -0.15) is 14.9 Å². The first-order valence-corrected chi connectivity index (χ1v) is 10.3. The Hall–Kier alpha value is -2.70. The molecular weight excluding hydrogens is 402 g/mol. The fourth-order valence-electron chi connectivity index (χ4n) is 3.41. The zero-order chi connectivity index (χ0) is 20.9. The summed E-state index contributed by atoms with van der Waals surface area (Å²) in [5.41, 5.74) is 2.49. The molecule has 1 aromatic carbocycles. The first-order chi connectivity index (χ1) is 14.6. The largest absolute Gasteiger partial charge is 0.374 e. The summed E-state index contributed by atoms with van der Waals surface area (Å²) in [7, 11) is 2.15. The van der Waals surface area contributed by atoms with Gasteiger partial charge in [-0.15, -0.1) is 0 Å². The van der Waals surface area contributed by atoms with Crippen LogP contribution < -0.4 is 5.32 Å². The number of fused-ring (bicyclic) bond motifs is 1. The quantitative estimate of drug-likeness (QED) is 0.583. The van der Waals surface area contributed by atoms with Gasteiger partial charge >= 0.3 is 0 Å².